The molecule has 0 bridgehead atoms. The third-order valence-electron chi connectivity index (χ3n) is 8.38. The molecule has 0 saturated carbocycles. The van der Waals surface area contributed by atoms with Crippen molar-refractivity contribution in [2.75, 3.05) is 59.1 Å². The summed E-state index contributed by atoms with van der Waals surface area (Å²) in [4.78, 5) is 29.4. The first-order valence-corrected chi connectivity index (χ1v) is 18.0. The van der Waals surface area contributed by atoms with E-state index in [1.165, 1.54) is 44.9 Å². The number of likely N-dealkylation sites (N-methyl/N-ethyl adjacent to an activating group) is 1. The smallest absolute Gasteiger partial charge is 0.465 e. The van der Waals surface area contributed by atoms with Gasteiger partial charge in [-0.3, -0.25) is 9.69 Å². The molecule has 8 nitrogen and oxygen atoms in total. The van der Waals surface area contributed by atoms with Gasteiger partial charge in [0.25, 0.3) is 0 Å². The summed E-state index contributed by atoms with van der Waals surface area (Å²) in [5, 5.41) is 9.42. The zero-order chi connectivity index (χ0) is 32.0. The largest absolute Gasteiger partial charge is 0.508 e. The van der Waals surface area contributed by atoms with Gasteiger partial charge in [-0.1, -0.05) is 92.4 Å². The summed E-state index contributed by atoms with van der Waals surface area (Å²) >= 11 is 0. The van der Waals surface area contributed by atoms with Gasteiger partial charge in [0.05, 0.1) is 13.2 Å². The van der Waals surface area contributed by atoms with Crippen molar-refractivity contribution in [3.8, 4) is 0 Å². The molecule has 0 aliphatic rings. The third-order valence-corrected chi connectivity index (χ3v) is 8.38. The van der Waals surface area contributed by atoms with E-state index in [-0.39, 0.29) is 25.3 Å². The minimum Gasteiger partial charge on any atom is -0.465 e. The van der Waals surface area contributed by atoms with Gasteiger partial charge < -0.3 is 24.2 Å². The highest BCUT2D eigenvalue weighted by molar-refractivity contribution is 5.69. The van der Waals surface area contributed by atoms with Gasteiger partial charge in [-0.05, 0) is 64.0 Å². The summed E-state index contributed by atoms with van der Waals surface area (Å²) in [6.45, 7) is 16.6. The highest BCUT2D eigenvalue weighted by atomic mass is 16.7. The van der Waals surface area contributed by atoms with Crippen LogP contribution in [0.15, 0.2) is 0 Å². The minimum absolute atomic E-state index is 0.0779. The van der Waals surface area contributed by atoms with Crippen LogP contribution in [0.4, 0.5) is 4.79 Å². The number of rotatable bonds is 31. The normalized spacial score (nSPS) is 12.9. The van der Waals surface area contributed by atoms with Crippen molar-refractivity contribution in [1.29, 1.82) is 0 Å². The second-order valence-electron chi connectivity index (χ2n) is 12.1. The van der Waals surface area contributed by atoms with Gasteiger partial charge >= 0.3 is 12.1 Å². The van der Waals surface area contributed by atoms with E-state index in [0.717, 1.165) is 84.0 Å². The molecule has 0 aliphatic heterocycles. The van der Waals surface area contributed by atoms with Gasteiger partial charge in [-0.25, -0.2) is 4.79 Å². The summed E-state index contributed by atoms with van der Waals surface area (Å²) in [5.41, 5.74) is 0. The quantitative estimate of drug-likeness (QED) is 0.0621. The fourth-order valence-electron chi connectivity index (χ4n) is 5.38. The SMILES string of the molecule is CCCCCCC(CCCC)COC(=O)CCCCC(CCCCCC)OC(=O)OCCN(CCO)CCN(CC)CC. The van der Waals surface area contributed by atoms with Gasteiger partial charge in [0, 0.05) is 32.6 Å². The van der Waals surface area contributed by atoms with Crippen LogP contribution in [0.5, 0.6) is 0 Å². The molecule has 8 heteroatoms. The Morgan fingerprint density at radius 3 is 1.81 bits per heavy atom. The molecule has 0 radical (unpaired) electrons. The number of unbranched alkanes of at least 4 members (excludes halogenated alkanes) is 8. The fraction of sp³-hybridized carbons (Fsp3) is 0.943. The Balaban J connectivity index is 4.55. The van der Waals surface area contributed by atoms with Crippen LogP contribution in [0.25, 0.3) is 0 Å². The Morgan fingerprint density at radius 2 is 1.21 bits per heavy atom. The maximum atomic E-state index is 12.5. The van der Waals surface area contributed by atoms with E-state index in [0.29, 0.717) is 32.0 Å². The standard InChI is InChI=1S/C35H70N2O6/c1-6-11-14-16-21-32(20-13-8-3)31-42-34(39)24-19-18-23-33(22-17-15-12-7-2)43-35(40)41-30-28-37(27-29-38)26-25-36(9-4)10-5/h32-33,38H,6-31H2,1-5H3. The van der Waals surface area contributed by atoms with Gasteiger partial charge in [-0.15, -0.1) is 0 Å². The molecule has 0 aliphatic carbocycles. The Labute approximate surface area is 265 Å². The lowest BCUT2D eigenvalue weighted by molar-refractivity contribution is -0.145. The molecule has 256 valence electrons. The van der Waals surface area contributed by atoms with E-state index in [9.17, 15) is 14.7 Å². The molecular weight excluding hydrogens is 544 g/mol. The molecule has 0 aromatic heterocycles. The van der Waals surface area contributed by atoms with Crippen molar-refractivity contribution in [2.45, 2.75) is 150 Å². The molecule has 1 N–H and O–H groups in total. The Hall–Kier alpha value is -1.38. The molecule has 0 aromatic carbocycles. The van der Waals surface area contributed by atoms with Crippen molar-refractivity contribution < 1.29 is 28.9 Å². The zero-order valence-corrected chi connectivity index (χ0v) is 28.9. The zero-order valence-electron chi connectivity index (χ0n) is 28.9. The van der Waals surface area contributed by atoms with E-state index in [1.807, 2.05) is 0 Å². The topological polar surface area (TPSA) is 88.5 Å². The Kier molecular flexibility index (Phi) is 29.7. The van der Waals surface area contributed by atoms with Crippen molar-refractivity contribution in [1.82, 2.24) is 9.80 Å². The molecule has 0 aromatic rings. The van der Waals surface area contributed by atoms with Gasteiger partial charge in [0.1, 0.15) is 12.7 Å². The van der Waals surface area contributed by atoms with Gasteiger partial charge in [-0.2, -0.15) is 0 Å². The van der Waals surface area contributed by atoms with E-state index < -0.39 is 6.16 Å². The molecular formula is C35H70N2O6. The van der Waals surface area contributed by atoms with Crippen LogP contribution in [0, 0.1) is 5.92 Å². The van der Waals surface area contributed by atoms with Crippen LogP contribution in [0.3, 0.4) is 0 Å². The average Bonchev–Trinajstić information content (AvgIpc) is 3.00. The molecule has 0 saturated heterocycles. The highest BCUT2D eigenvalue weighted by Crippen LogP contribution is 2.19. The van der Waals surface area contributed by atoms with Crippen molar-refractivity contribution in [3.63, 3.8) is 0 Å². The fourth-order valence-corrected chi connectivity index (χ4v) is 5.38. The molecule has 0 spiro atoms. The molecule has 0 amide bonds. The summed E-state index contributed by atoms with van der Waals surface area (Å²) in [6.07, 6.45) is 16.8. The third kappa shape index (κ3) is 25.6. The maximum Gasteiger partial charge on any atom is 0.508 e. The Morgan fingerprint density at radius 1 is 0.628 bits per heavy atom. The van der Waals surface area contributed by atoms with Gasteiger partial charge in [0.2, 0.25) is 0 Å². The van der Waals surface area contributed by atoms with E-state index in [4.69, 9.17) is 14.2 Å². The van der Waals surface area contributed by atoms with Crippen LogP contribution in [-0.2, 0) is 19.0 Å². The van der Waals surface area contributed by atoms with E-state index in [1.54, 1.807) is 0 Å². The second kappa shape index (κ2) is 30.6. The minimum atomic E-state index is -0.621. The van der Waals surface area contributed by atoms with Crippen LogP contribution in [0.2, 0.25) is 0 Å². The number of ether oxygens (including phenoxy) is 3. The summed E-state index contributed by atoms with van der Waals surface area (Å²) < 4.78 is 16.8. The number of hydrogen-bond donors (Lipinski definition) is 1. The van der Waals surface area contributed by atoms with Crippen LogP contribution in [0.1, 0.15) is 144 Å². The van der Waals surface area contributed by atoms with Gasteiger partial charge in [0.15, 0.2) is 0 Å². The lowest BCUT2D eigenvalue weighted by Crippen LogP contribution is -2.38. The lowest BCUT2D eigenvalue weighted by atomic mass is 9.96. The van der Waals surface area contributed by atoms with E-state index >= 15 is 0 Å². The van der Waals surface area contributed by atoms with Crippen molar-refractivity contribution in [3.05, 3.63) is 0 Å². The molecule has 2 atom stereocenters. The highest BCUT2D eigenvalue weighted by Gasteiger charge is 2.17. The monoisotopic (exact) mass is 615 g/mol. The molecule has 2 unspecified atom stereocenters. The molecule has 0 rings (SSSR count). The van der Waals surface area contributed by atoms with Crippen LogP contribution < -0.4 is 0 Å². The molecule has 0 heterocycles. The number of esters is 1. The van der Waals surface area contributed by atoms with E-state index in [2.05, 4.69) is 44.4 Å². The predicted octanol–water partition coefficient (Wildman–Crippen LogP) is 8.00. The Bertz CT molecular complexity index is 631. The maximum absolute atomic E-state index is 12.5. The van der Waals surface area contributed by atoms with Crippen LogP contribution in [-0.4, -0.2) is 92.2 Å². The lowest BCUT2D eigenvalue weighted by Gasteiger charge is -2.25. The van der Waals surface area contributed by atoms with Crippen molar-refractivity contribution >= 4 is 12.1 Å². The molecule has 43 heavy (non-hydrogen) atoms. The van der Waals surface area contributed by atoms with Crippen LogP contribution >= 0.6 is 0 Å². The number of carbonyl (C=O) groups is 2. The first-order valence-electron chi connectivity index (χ1n) is 18.0. The summed E-state index contributed by atoms with van der Waals surface area (Å²) in [5.74, 6) is 0.370. The predicted molar refractivity (Wildman–Crippen MR) is 177 cm³/mol. The summed E-state index contributed by atoms with van der Waals surface area (Å²) in [7, 11) is 0. The second-order valence-corrected chi connectivity index (χ2v) is 12.1. The molecule has 0 fully saturated rings. The average molecular weight is 615 g/mol. The first-order chi connectivity index (χ1) is 20.9. The number of aliphatic hydroxyl groups is 1. The number of hydrogen-bond acceptors (Lipinski definition) is 8. The number of aliphatic hydroxyl groups excluding tert-OH is 1. The summed E-state index contributed by atoms with van der Waals surface area (Å²) in [6, 6.07) is 0. The first kappa shape index (κ1) is 41.6. The number of nitrogens with zero attached hydrogens (tertiary/aromatic N) is 2. The number of carbonyl (C=O) groups excluding carboxylic acids is 2. The van der Waals surface area contributed by atoms with Crippen molar-refractivity contribution in [2.24, 2.45) is 5.92 Å².